The van der Waals surface area contributed by atoms with Crippen molar-refractivity contribution in [2.24, 2.45) is 5.92 Å². The third-order valence-electron chi connectivity index (χ3n) is 6.13. The van der Waals surface area contributed by atoms with Crippen molar-refractivity contribution in [2.75, 3.05) is 13.1 Å². The number of alkyl carbamates (subject to hydrolysis) is 1. The summed E-state index contributed by atoms with van der Waals surface area (Å²) in [4.78, 5) is 25.5. The first-order chi connectivity index (χ1) is 17.0. The van der Waals surface area contributed by atoms with Gasteiger partial charge < -0.3 is 15.4 Å². The molecule has 0 aliphatic heterocycles. The standard InChI is InChI=1S/C27H38ClN5O3/c1-7-18(2)24(29-14-11-15-30-25(34)36-27(4,5)6)22-16-21-23(28)19(3)31-33(21)26(35)32(22)17-20-12-9-8-10-13-20/h8-10,12-13,16,18,24,29H,7,11,14-15,17H2,1-6H3,(H,30,34)/t18-,24-/m0/s1. The Morgan fingerprint density at radius 3 is 2.53 bits per heavy atom. The number of hydrogen-bond acceptors (Lipinski definition) is 5. The van der Waals surface area contributed by atoms with E-state index in [4.69, 9.17) is 16.3 Å². The van der Waals surface area contributed by atoms with Crippen LogP contribution in [0, 0.1) is 12.8 Å². The number of aryl methyl sites for hydroxylation is 1. The van der Waals surface area contributed by atoms with E-state index < -0.39 is 11.7 Å². The topological polar surface area (TPSA) is 89.7 Å². The van der Waals surface area contributed by atoms with Crippen LogP contribution in [0.2, 0.25) is 5.02 Å². The number of rotatable bonds is 10. The zero-order chi connectivity index (χ0) is 26.5. The van der Waals surface area contributed by atoms with Gasteiger partial charge in [0, 0.05) is 12.2 Å². The van der Waals surface area contributed by atoms with Crippen molar-refractivity contribution >= 4 is 23.2 Å². The highest BCUT2D eigenvalue weighted by Gasteiger charge is 2.25. The predicted octanol–water partition coefficient (Wildman–Crippen LogP) is 5.10. The summed E-state index contributed by atoms with van der Waals surface area (Å²) in [6, 6.07) is 11.8. The second-order valence-corrected chi connectivity index (χ2v) is 10.6. The van der Waals surface area contributed by atoms with Gasteiger partial charge in [-0.15, -0.1) is 0 Å². The van der Waals surface area contributed by atoms with Gasteiger partial charge in [0.25, 0.3) is 0 Å². The van der Waals surface area contributed by atoms with E-state index in [2.05, 4.69) is 29.6 Å². The van der Waals surface area contributed by atoms with Crippen molar-refractivity contribution in [3.63, 3.8) is 0 Å². The molecule has 9 heteroatoms. The molecular weight excluding hydrogens is 478 g/mol. The molecule has 0 saturated carbocycles. The average Bonchev–Trinajstić information content (AvgIpc) is 3.11. The van der Waals surface area contributed by atoms with E-state index >= 15 is 0 Å². The number of fused-ring (bicyclic) bond motifs is 1. The van der Waals surface area contributed by atoms with Crippen LogP contribution in [0.5, 0.6) is 0 Å². The fourth-order valence-corrected chi connectivity index (χ4v) is 4.28. The molecule has 1 amide bonds. The van der Waals surface area contributed by atoms with Crippen LogP contribution in [-0.2, 0) is 11.3 Å². The number of halogens is 1. The Morgan fingerprint density at radius 1 is 1.19 bits per heavy atom. The van der Waals surface area contributed by atoms with E-state index in [1.807, 2.05) is 57.2 Å². The van der Waals surface area contributed by atoms with Crippen molar-refractivity contribution in [1.82, 2.24) is 24.8 Å². The maximum Gasteiger partial charge on any atom is 0.407 e. The van der Waals surface area contributed by atoms with Crippen LogP contribution in [-0.4, -0.2) is 39.0 Å². The molecule has 0 aliphatic rings. The number of amides is 1. The second kappa shape index (κ2) is 11.9. The van der Waals surface area contributed by atoms with Gasteiger partial charge in [-0.1, -0.05) is 62.2 Å². The molecule has 0 aliphatic carbocycles. The largest absolute Gasteiger partial charge is 0.444 e. The van der Waals surface area contributed by atoms with E-state index in [9.17, 15) is 9.59 Å². The summed E-state index contributed by atoms with van der Waals surface area (Å²) in [6.07, 6.45) is 1.21. The Bertz CT molecular complexity index is 1230. The summed E-state index contributed by atoms with van der Waals surface area (Å²) in [5, 5.41) is 11.3. The number of nitrogens with one attached hydrogen (secondary N) is 2. The first-order valence-electron chi connectivity index (χ1n) is 12.5. The third-order valence-corrected chi connectivity index (χ3v) is 6.60. The lowest BCUT2D eigenvalue weighted by Gasteiger charge is -2.28. The van der Waals surface area contributed by atoms with Crippen molar-refractivity contribution in [2.45, 2.75) is 72.6 Å². The molecule has 3 aromatic rings. The molecule has 2 N–H and O–H groups in total. The summed E-state index contributed by atoms with van der Waals surface area (Å²) in [5.41, 5.74) is 2.38. The summed E-state index contributed by atoms with van der Waals surface area (Å²) in [7, 11) is 0. The van der Waals surface area contributed by atoms with Gasteiger partial charge in [0.15, 0.2) is 0 Å². The van der Waals surface area contributed by atoms with Crippen LogP contribution in [0.4, 0.5) is 4.79 Å². The fraction of sp³-hybridized carbons (Fsp3) is 0.519. The number of benzene rings is 1. The van der Waals surface area contributed by atoms with Gasteiger partial charge in [0.2, 0.25) is 0 Å². The monoisotopic (exact) mass is 515 g/mol. The summed E-state index contributed by atoms with van der Waals surface area (Å²) in [6.45, 7) is 13.2. The van der Waals surface area contributed by atoms with Crippen molar-refractivity contribution in [1.29, 1.82) is 0 Å². The van der Waals surface area contributed by atoms with Crippen molar-refractivity contribution in [3.05, 3.63) is 68.9 Å². The summed E-state index contributed by atoms with van der Waals surface area (Å²) < 4.78 is 8.48. The zero-order valence-corrected chi connectivity index (χ0v) is 22.9. The van der Waals surface area contributed by atoms with E-state index in [0.717, 1.165) is 17.7 Å². The average molecular weight is 516 g/mol. The van der Waals surface area contributed by atoms with Gasteiger partial charge in [0.1, 0.15) is 5.60 Å². The lowest BCUT2D eigenvalue weighted by atomic mass is 9.95. The first-order valence-corrected chi connectivity index (χ1v) is 12.9. The molecule has 2 heterocycles. The smallest absolute Gasteiger partial charge is 0.407 e. The Hall–Kier alpha value is -2.84. The van der Waals surface area contributed by atoms with Gasteiger partial charge in [-0.05, 0) is 58.2 Å². The number of aromatic nitrogens is 3. The molecule has 196 valence electrons. The number of nitrogens with zero attached hydrogens (tertiary/aromatic N) is 3. The van der Waals surface area contributed by atoms with E-state index in [0.29, 0.717) is 42.3 Å². The maximum atomic E-state index is 13.6. The molecule has 2 atom stereocenters. The molecular formula is C27H38ClN5O3. The van der Waals surface area contributed by atoms with Gasteiger partial charge in [-0.2, -0.15) is 9.61 Å². The highest BCUT2D eigenvalue weighted by Crippen LogP contribution is 2.28. The number of carbonyl (C=O) groups excluding carboxylic acids is 1. The number of hydrogen-bond donors (Lipinski definition) is 2. The molecule has 0 fully saturated rings. The molecule has 0 unspecified atom stereocenters. The van der Waals surface area contributed by atoms with E-state index in [1.165, 1.54) is 4.52 Å². The minimum Gasteiger partial charge on any atom is -0.444 e. The summed E-state index contributed by atoms with van der Waals surface area (Å²) >= 11 is 6.53. The molecule has 0 bridgehead atoms. The van der Waals surface area contributed by atoms with Gasteiger partial charge in [0.05, 0.1) is 28.8 Å². The zero-order valence-electron chi connectivity index (χ0n) is 22.1. The molecule has 2 aromatic heterocycles. The fourth-order valence-electron chi connectivity index (χ4n) is 4.11. The molecule has 8 nitrogen and oxygen atoms in total. The predicted molar refractivity (Wildman–Crippen MR) is 144 cm³/mol. The molecule has 0 radical (unpaired) electrons. The molecule has 0 spiro atoms. The SMILES string of the molecule is CC[C@H](C)[C@H](NCCCNC(=O)OC(C)(C)C)c1cc2c(Cl)c(C)nn2c(=O)n1Cc1ccccc1. The minimum atomic E-state index is -0.529. The first kappa shape index (κ1) is 27.7. The second-order valence-electron chi connectivity index (χ2n) is 10.2. The molecule has 3 rings (SSSR count). The Labute approximate surface area is 218 Å². The molecule has 1 aromatic carbocycles. The Kier molecular flexibility index (Phi) is 9.19. The molecule has 36 heavy (non-hydrogen) atoms. The summed E-state index contributed by atoms with van der Waals surface area (Å²) in [5.74, 6) is 0.246. The van der Waals surface area contributed by atoms with Gasteiger partial charge >= 0.3 is 11.8 Å². The highest BCUT2D eigenvalue weighted by molar-refractivity contribution is 6.34. The van der Waals surface area contributed by atoms with Crippen molar-refractivity contribution in [3.8, 4) is 0 Å². The van der Waals surface area contributed by atoms with Crippen LogP contribution in [0.3, 0.4) is 0 Å². The lowest BCUT2D eigenvalue weighted by molar-refractivity contribution is 0.0527. The van der Waals surface area contributed by atoms with Crippen molar-refractivity contribution < 1.29 is 9.53 Å². The van der Waals surface area contributed by atoms with Crippen LogP contribution in [0.15, 0.2) is 41.2 Å². The lowest BCUT2D eigenvalue weighted by Crippen LogP contribution is -2.38. The van der Waals surface area contributed by atoms with Gasteiger partial charge in [-0.3, -0.25) is 4.57 Å². The maximum absolute atomic E-state index is 13.6. The highest BCUT2D eigenvalue weighted by atomic mass is 35.5. The normalized spacial score (nSPS) is 13.5. The number of ether oxygens (including phenoxy) is 1. The third kappa shape index (κ3) is 6.89. The van der Waals surface area contributed by atoms with Gasteiger partial charge in [-0.25, -0.2) is 9.59 Å². The Balaban J connectivity index is 1.88. The van der Waals surface area contributed by atoms with Crippen LogP contribution in [0.1, 0.15) is 70.5 Å². The quantitative estimate of drug-likeness (QED) is 0.367. The van der Waals surface area contributed by atoms with Crippen LogP contribution >= 0.6 is 11.6 Å². The molecule has 0 saturated heterocycles. The minimum absolute atomic E-state index is 0.0933. The van der Waals surface area contributed by atoms with Crippen LogP contribution < -0.4 is 16.3 Å². The van der Waals surface area contributed by atoms with E-state index in [1.54, 1.807) is 11.5 Å². The Morgan fingerprint density at radius 2 is 1.89 bits per heavy atom. The number of carbonyl (C=O) groups is 1. The van der Waals surface area contributed by atoms with Crippen LogP contribution in [0.25, 0.3) is 5.52 Å². The van der Waals surface area contributed by atoms with E-state index in [-0.39, 0.29) is 17.6 Å².